The van der Waals surface area contributed by atoms with E-state index in [0.717, 1.165) is 6.42 Å². The van der Waals surface area contributed by atoms with Crippen molar-refractivity contribution in [3.05, 3.63) is 23.8 Å². The molecule has 1 saturated carbocycles. The van der Waals surface area contributed by atoms with E-state index in [0.29, 0.717) is 12.3 Å². The molecule has 0 radical (unpaired) electrons. The highest BCUT2D eigenvalue weighted by Crippen LogP contribution is 2.35. The maximum absolute atomic E-state index is 11.9. The summed E-state index contributed by atoms with van der Waals surface area (Å²) in [5.74, 6) is -1.10. The van der Waals surface area contributed by atoms with Gasteiger partial charge in [0.05, 0.1) is 19.1 Å². The number of hydrogen-bond donors (Lipinski definition) is 2. The van der Waals surface area contributed by atoms with Crippen LogP contribution >= 0.6 is 0 Å². The first-order valence-corrected chi connectivity index (χ1v) is 6.40. The third kappa shape index (κ3) is 3.08. The SMILES string of the molecule is CCO[C@@H]1C[C@@H]1C(=O)Nc1ccc(C(=O)O)c(OC)c1. The molecule has 0 spiro atoms. The lowest BCUT2D eigenvalue weighted by molar-refractivity contribution is -0.118. The van der Waals surface area contributed by atoms with Gasteiger partial charge in [0.25, 0.3) is 0 Å². The van der Waals surface area contributed by atoms with Gasteiger partial charge in [-0.05, 0) is 25.5 Å². The van der Waals surface area contributed by atoms with Crippen LogP contribution in [0.25, 0.3) is 0 Å². The molecule has 1 aromatic carbocycles. The predicted octanol–water partition coefficient (Wildman–Crippen LogP) is 1.76. The maximum Gasteiger partial charge on any atom is 0.339 e. The molecule has 1 aliphatic carbocycles. The molecule has 1 aromatic rings. The van der Waals surface area contributed by atoms with Gasteiger partial charge in [-0.15, -0.1) is 0 Å². The molecule has 2 atom stereocenters. The minimum Gasteiger partial charge on any atom is -0.496 e. The largest absolute Gasteiger partial charge is 0.496 e. The third-order valence-corrected chi connectivity index (χ3v) is 3.15. The Balaban J connectivity index is 2.03. The summed E-state index contributed by atoms with van der Waals surface area (Å²) in [5.41, 5.74) is 0.572. The summed E-state index contributed by atoms with van der Waals surface area (Å²) in [7, 11) is 1.39. The summed E-state index contributed by atoms with van der Waals surface area (Å²) in [4.78, 5) is 22.9. The Morgan fingerprint density at radius 3 is 2.80 bits per heavy atom. The van der Waals surface area contributed by atoms with Gasteiger partial charge in [0.1, 0.15) is 11.3 Å². The summed E-state index contributed by atoms with van der Waals surface area (Å²) in [6.07, 6.45) is 0.726. The van der Waals surface area contributed by atoms with Crippen LogP contribution in [-0.2, 0) is 9.53 Å². The van der Waals surface area contributed by atoms with E-state index < -0.39 is 5.97 Å². The van der Waals surface area contributed by atoms with Crippen molar-refractivity contribution in [2.75, 3.05) is 19.0 Å². The van der Waals surface area contributed by atoms with Gasteiger partial charge in [0, 0.05) is 18.4 Å². The van der Waals surface area contributed by atoms with Crippen molar-refractivity contribution in [2.45, 2.75) is 19.4 Å². The quantitative estimate of drug-likeness (QED) is 0.828. The van der Waals surface area contributed by atoms with E-state index in [1.807, 2.05) is 6.92 Å². The van der Waals surface area contributed by atoms with E-state index in [2.05, 4.69) is 5.32 Å². The van der Waals surface area contributed by atoms with Crippen molar-refractivity contribution >= 4 is 17.6 Å². The number of amides is 1. The lowest BCUT2D eigenvalue weighted by Crippen LogP contribution is -2.17. The second kappa shape index (κ2) is 5.92. The molecule has 2 N–H and O–H groups in total. The third-order valence-electron chi connectivity index (χ3n) is 3.15. The van der Waals surface area contributed by atoms with Crippen molar-refractivity contribution in [2.24, 2.45) is 5.92 Å². The molecular weight excluding hydrogens is 262 g/mol. The van der Waals surface area contributed by atoms with Crippen LogP contribution in [0, 0.1) is 5.92 Å². The summed E-state index contributed by atoms with van der Waals surface area (Å²) in [6.45, 7) is 2.48. The summed E-state index contributed by atoms with van der Waals surface area (Å²) in [5, 5.41) is 11.7. The van der Waals surface area contributed by atoms with Gasteiger partial charge < -0.3 is 19.9 Å². The number of anilines is 1. The molecule has 2 rings (SSSR count). The Morgan fingerprint density at radius 2 is 2.20 bits per heavy atom. The van der Waals surface area contributed by atoms with Crippen LogP contribution in [0.15, 0.2) is 18.2 Å². The highest BCUT2D eigenvalue weighted by atomic mass is 16.5. The lowest BCUT2D eigenvalue weighted by Gasteiger charge is -2.09. The van der Waals surface area contributed by atoms with Gasteiger partial charge in [0.2, 0.25) is 5.91 Å². The van der Waals surface area contributed by atoms with Crippen molar-refractivity contribution in [1.29, 1.82) is 0 Å². The standard InChI is InChI=1S/C14H17NO5/c1-3-20-12-7-10(12)13(16)15-8-4-5-9(14(17)18)11(6-8)19-2/h4-6,10,12H,3,7H2,1-2H3,(H,15,16)(H,17,18)/t10-,12+/m0/s1. The molecular formula is C14H17NO5. The van der Waals surface area contributed by atoms with Gasteiger partial charge in [-0.25, -0.2) is 4.79 Å². The Labute approximate surface area is 116 Å². The average molecular weight is 279 g/mol. The van der Waals surface area contributed by atoms with Gasteiger partial charge >= 0.3 is 5.97 Å². The minimum absolute atomic E-state index is 0.000174. The van der Waals surface area contributed by atoms with Gasteiger partial charge in [-0.2, -0.15) is 0 Å². The van der Waals surface area contributed by atoms with E-state index in [9.17, 15) is 9.59 Å². The highest BCUT2D eigenvalue weighted by molar-refractivity contribution is 5.96. The second-order valence-electron chi connectivity index (χ2n) is 4.55. The maximum atomic E-state index is 11.9. The molecule has 6 heteroatoms. The molecule has 0 unspecified atom stereocenters. The van der Waals surface area contributed by atoms with Crippen LogP contribution < -0.4 is 10.1 Å². The summed E-state index contributed by atoms with van der Waals surface area (Å²) in [6, 6.07) is 4.45. The van der Waals surface area contributed by atoms with Crippen LogP contribution in [0.4, 0.5) is 5.69 Å². The van der Waals surface area contributed by atoms with E-state index in [4.69, 9.17) is 14.6 Å². The molecule has 0 aliphatic heterocycles. The summed E-state index contributed by atoms with van der Waals surface area (Å²) >= 11 is 0. The van der Waals surface area contributed by atoms with Crippen molar-refractivity contribution < 1.29 is 24.2 Å². The fourth-order valence-corrected chi connectivity index (χ4v) is 2.03. The van der Waals surface area contributed by atoms with Crippen molar-refractivity contribution in [3.63, 3.8) is 0 Å². The molecule has 0 aromatic heterocycles. The normalized spacial score (nSPS) is 20.3. The Morgan fingerprint density at radius 1 is 1.45 bits per heavy atom. The second-order valence-corrected chi connectivity index (χ2v) is 4.55. The van der Waals surface area contributed by atoms with E-state index >= 15 is 0 Å². The van der Waals surface area contributed by atoms with Crippen LogP contribution in [0.2, 0.25) is 0 Å². The Hall–Kier alpha value is -2.08. The number of aromatic carboxylic acids is 1. The van der Waals surface area contributed by atoms with Crippen molar-refractivity contribution in [3.8, 4) is 5.75 Å². The molecule has 0 heterocycles. The first kappa shape index (κ1) is 14.3. The van der Waals surface area contributed by atoms with Gasteiger partial charge in [-0.1, -0.05) is 0 Å². The monoisotopic (exact) mass is 279 g/mol. The number of rotatable bonds is 6. The Bertz CT molecular complexity index is 528. The first-order chi connectivity index (χ1) is 9.56. The molecule has 20 heavy (non-hydrogen) atoms. The van der Waals surface area contributed by atoms with Crippen LogP contribution in [-0.4, -0.2) is 36.8 Å². The molecule has 108 valence electrons. The zero-order chi connectivity index (χ0) is 14.7. The number of benzene rings is 1. The Kier molecular flexibility index (Phi) is 4.24. The number of carbonyl (C=O) groups is 2. The number of hydrogen-bond acceptors (Lipinski definition) is 4. The number of ether oxygens (including phenoxy) is 2. The van der Waals surface area contributed by atoms with Crippen LogP contribution in [0.5, 0.6) is 5.75 Å². The average Bonchev–Trinajstić information content (AvgIpc) is 3.18. The number of nitrogens with one attached hydrogen (secondary N) is 1. The predicted molar refractivity (Wildman–Crippen MR) is 72.1 cm³/mol. The highest BCUT2D eigenvalue weighted by Gasteiger charge is 2.43. The molecule has 0 saturated heterocycles. The van der Waals surface area contributed by atoms with E-state index in [1.54, 1.807) is 6.07 Å². The number of carboxylic acids is 1. The minimum atomic E-state index is -1.07. The van der Waals surface area contributed by atoms with Gasteiger partial charge in [-0.3, -0.25) is 4.79 Å². The first-order valence-electron chi connectivity index (χ1n) is 6.40. The lowest BCUT2D eigenvalue weighted by atomic mass is 10.2. The molecule has 6 nitrogen and oxygen atoms in total. The smallest absolute Gasteiger partial charge is 0.339 e. The topological polar surface area (TPSA) is 84.9 Å². The molecule has 1 amide bonds. The van der Waals surface area contributed by atoms with Crippen LogP contribution in [0.1, 0.15) is 23.7 Å². The fourth-order valence-electron chi connectivity index (χ4n) is 2.03. The number of carbonyl (C=O) groups excluding carboxylic acids is 1. The number of methoxy groups -OCH3 is 1. The van der Waals surface area contributed by atoms with Crippen molar-refractivity contribution in [1.82, 2.24) is 0 Å². The molecule has 1 aliphatic rings. The van der Waals surface area contributed by atoms with Gasteiger partial charge in [0.15, 0.2) is 0 Å². The zero-order valence-electron chi connectivity index (χ0n) is 11.4. The summed E-state index contributed by atoms with van der Waals surface area (Å²) < 4.78 is 10.4. The fraction of sp³-hybridized carbons (Fsp3) is 0.429. The van der Waals surface area contributed by atoms with Crippen LogP contribution in [0.3, 0.4) is 0 Å². The number of carboxylic acid groups (broad SMARTS) is 1. The van der Waals surface area contributed by atoms with E-state index in [1.165, 1.54) is 19.2 Å². The molecule has 1 fully saturated rings. The zero-order valence-corrected chi connectivity index (χ0v) is 11.4. The molecule has 0 bridgehead atoms. The van der Waals surface area contributed by atoms with E-state index in [-0.39, 0.29) is 29.2 Å².